The van der Waals surface area contributed by atoms with Crippen molar-refractivity contribution in [1.82, 2.24) is 4.90 Å². The molecule has 5 heteroatoms. The number of nitrogens with zero attached hydrogens (tertiary/aromatic N) is 1. The van der Waals surface area contributed by atoms with Gasteiger partial charge in [0, 0.05) is 13.2 Å². The van der Waals surface area contributed by atoms with Crippen LogP contribution in [-0.4, -0.2) is 76.4 Å². The van der Waals surface area contributed by atoms with Gasteiger partial charge >= 0.3 is 0 Å². The molecule has 0 aromatic carbocycles. The van der Waals surface area contributed by atoms with Crippen molar-refractivity contribution in [2.75, 3.05) is 59.3 Å². The highest BCUT2D eigenvalue weighted by molar-refractivity contribution is 5.25. The molecular weight excluding hydrogens is 775 g/mol. The zero-order chi connectivity index (χ0) is 44.6. The van der Waals surface area contributed by atoms with Crippen LogP contribution in [0.1, 0.15) is 228 Å². The monoisotopic (exact) mass is 880 g/mol. The molecule has 0 aromatic rings. The van der Waals surface area contributed by atoms with E-state index < -0.39 is 0 Å². The summed E-state index contributed by atoms with van der Waals surface area (Å²) >= 11 is 0. The Morgan fingerprint density at radius 3 is 2.11 bits per heavy atom. The van der Waals surface area contributed by atoms with Gasteiger partial charge in [0.1, 0.15) is 0 Å². The molecule has 0 bridgehead atoms. The summed E-state index contributed by atoms with van der Waals surface area (Å²) in [6.07, 6.45) is 47.2. The molecule has 0 spiro atoms. The Balaban J connectivity index is 0.918. The molecule has 1 heterocycles. The quantitative estimate of drug-likeness (QED) is 0.0485. The topological polar surface area (TPSA) is 40.2 Å². The van der Waals surface area contributed by atoms with Crippen LogP contribution in [0.4, 0.5) is 0 Å². The predicted molar refractivity (Wildman–Crippen MR) is 269 cm³/mol. The van der Waals surface area contributed by atoms with Gasteiger partial charge in [0.25, 0.3) is 0 Å². The summed E-state index contributed by atoms with van der Waals surface area (Å²) in [6.45, 7) is 22.6. The van der Waals surface area contributed by atoms with Crippen LogP contribution in [0.3, 0.4) is 0 Å². The lowest BCUT2D eigenvalue weighted by atomic mass is 9.47. The van der Waals surface area contributed by atoms with Crippen LogP contribution in [0.5, 0.6) is 0 Å². The van der Waals surface area contributed by atoms with E-state index in [1.54, 1.807) is 5.57 Å². The van der Waals surface area contributed by atoms with Crippen molar-refractivity contribution in [2.24, 2.45) is 46.3 Å². The van der Waals surface area contributed by atoms with E-state index in [-0.39, 0.29) is 6.10 Å². The van der Waals surface area contributed by atoms with Crippen molar-refractivity contribution in [2.45, 2.75) is 240 Å². The Kier molecular flexibility index (Phi) is 25.3. The molecule has 5 nitrogen and oxygen atoms in total. The Morgan fingerprint density at radius 1 is 0.683 bits per heavy atom. The first kappa shape index (κ1) is 53.2. The van der Waals surface area contributed by atoms with Crippen LogP contribution in [0.15, 0.2) is 23.8 Å². The summed E-state index contributed by atoms with van der Waals surface area (Å²) < 4.78 is 25.4. The number of rotatable bonds is 33. The van der Waals surface area contributed by atoms with Crippen molar-refractivity contribution >= 4 is 0 Å². The maximum absolute atomic E-state index is 6.54. The minimum absolute atomic E-state index is 0.119. The van der Waals surface area contributed by atoms with E-state index in [4.69, 9.17) is 18.9 Å². The van der Waals surface area contributed by atoms with Crippen molar-refractivity contribution < 1.29 is 18.9 Å². The zero-order valence-electron chi connectivity index (χ0n) is 42.8. The normalized spacial score (nSPS) is 30.0. The molecule has 1 unspecified atom stereocenters. The van der Waals surface area contributed by atoms with E-state index in [1.807, 2.05) is 0 Å². The summed E-state index contributed by atoms with van der Waals surface area (Å²) in [6, 6.07) is 0. The maximum Gasteiger partial charge on any atom is 0.0936 e. The first-order valence-corrected chi connectivity index (χ1v) is 28.2. The van der Waals surface area contributed by atoms with Gasteiger partial charge in [-0.25, -0.2) is 0 Å². The number of unbranched alkanes of at least 4 members (excludes halogenated alkanes) is 12. The maximum atomic E-state index is 6.54. The first-order chi connectivity index (χ1) is 30.7. The molecule has 5 aliphatic rings. The Morgan fingerprint density at radius 2 is 1.38 bits per heavy atom. The van der Waals surface area contributed by atoms with Crippen molar-refractivity contribution in [3.05, 3.63) is 23.8 Å². The van der Waals surface area contributed by atoms with E-state index in [1.165, 1.54) is 186 Å². The summed E-state index contributed by atoms with van der Waals surface area (Å²) in [7, 11) is 0. The highest BCUT2D eigenvalue weighted by Crippen LogP contribution is 2.67. The molecule has 3 saturated carbocycles. The van der Waals surface area contributed by atoms with Gasteiger partial charge in [0.15, 0.2) is 0 Å². The Hall–Kier alpha value is -0.720. The molecule has 0 aromatic heterocycles. The largest absolute Gasteiger partial charge is 0.379 e. The summed E-state index contributed by atoms with van der Waals surface area (Å²) in [4.78, 5) is 2.61. The van der Waals surface area contributed by atoms with Gasteiger partial charge < -0.3 is 23.8 Å². The molecule has 0 N–H and O–H groups in total. The average molecular weight is 880 g/mol. The van der Waals surface area contributed by atoms with Gasteiger partial charge in [-0.1, -0.05) is 155 Å². The lowest BCUT2D eigenvalue weighted by Gasteiger charge is -2.58. The summed E-state index contributed by atoms with van der Waals surface area (Å²) in [5.74, 6) is 5.37. The fraction of sp³-hybridized carbons (Fsp3) is 0.931. The van der Waals surface area contributed by atoms with Gasteiger partial charge in [-0.2, -0.15) is 0 Å². The van der Waals surface area contributed by atoms with E-state index in [0.29, 0.717) is 50.0 Å². The molecule has 63 heavy (non-hydrogen) atoms. The van der Waals surface area contributed by atoms with E-state index >= 15 is 0 Å². The number of ether oxygens (including phenoxy) is 4. The Labute approximate surface area is 391 Å². The second-order valence-corrected chi connectivity index (χ2v) is 22.9. The smallest absolute Gasteiger partial charge is 0.0936 e. The third-order valence-electron chi connectivity index (χ3n) is 17.7. The third kappa shape index (κ3) is 17.7. The van der Waals surface area contributed by atoms with E-state index in [9.17, 15) is 0 Å². The SMILES string of the molecule is CCCCCCCCC=CCCCCCCCCOCC(CN1CCCCCC1)OCCOCCO[C@H]1CC[C@@]2(C)C(=CC[C@H]3[C@@H]4CC[C@H]([C@H](C)CCCC(C)C)[C@@]4(C)CC[C@@H]32)C1. The highest BCUT2D eigenvalue weighted by Gasteiger charge is 2.59. The molecule has 366 valence electrons. The highest BCUT2D eigenvalue weighted by atomic mass is 16.6. The standard InChI is InChI=1S/C58H105NO4/c1-7-8-9-10-11-12-13-14-15-16-17-18-19-20-23-26-40-61-47-52(46-59-38-24-21-22-25-39-59)63-44-42-60-41-43-62-51-34-36-57(5)50(45-51)30-31-53-55-33-32-54(49(4)29-27-28-48(2)3)58(55,6)37-35-56(53)57/h14-15,30,48-49,51-56H,7-13,16-29,31-47H2,1-6H3/t49-,51+,52?,53+,54-,55+,56+,57+,58-/m1/s1. The molecular formula is C58H105NO4. The van der Waals surface area contributed by atoms with E-state index in [2.05, 4.69) is 64.7 Å². The van der Waals surface area contributed by atoms with Crippen molar-refractivity contribution in [1.29, 1.82) is 0 Å². The predicted octanol–water partition coefficient (Wildman–Crippen LogP) is 15.7. The van der Waals surface area contributed by atoms with Gasteiger partial charge in [-0.05, 0) is 156 Å². The number of hydrogen-bond acceptors (Lipinski definition) is 5. The van der Waals surface area contributed by atoms with Crippen LogP contribution in [-0.2, 0) is 18.9 Å². The third-order valence-corrected chi connectivity index (χ3v) is 17.7. The van der Waals surface area contributed by atoms with Crippen molar-refractivity contribution in [3.8, 4) is 0 Å². The second-order valence-electron chi connectivity index (χ2n) is 22.9. The van der Waals surface area contributed by atoms with Crippen LogP contribution in [0.25, 0.3) is 0 Å². The fourth-order valence-electron chi connectivity index (χ4n) is 13.9. The molecule has 1 saturated heterocycles. The van der Waals surface area contributed by atoms with Gasteiger partial charge in [0.2, 0.25) is 0 Å². The van der Waals surface area contributed by atoms with E-state index in [0.717, 1.165) is 61.5 Å². The summed E-state index contributed by atoms with van der Waals surface area (Å²) in [5.41, 5.74) is 2.69. The molecule has 5 rings (SSSR count). The fourth-order valence-corrected chi connectivity index (χ4v) is 13.9. The Bertz CT molecular complexity index is 1240. The van der Waals surface area contributed by atoms with Crippen LogP contribution >= 0.6 is 0 Å². The first-order valence-electron chi connectivity index (χ1n) is 28.2. The number of fused-ring (bicyclic) bond motifs is 5. The number of allylic oxidation sites excluding steroid dienone is 3. The average Bonchev–Trinajstić information content (AvgIpc) is 3.42. The number of likely N-dealkylation sites (tertiary alicyclic amines) is 1. The van der Waals surface area contributed by atoms with Crippen LogP contribution < -0.4 is 0 Å². The van der Waals surface area contributed by atoms with Crippen molar-refractivity contribution in [3.63, 3.8) is 0 Å². The molecule has 9 atom stereocenters. The minimum Gasteiger partial charge on any atom is -0.379 e. The molecule has 0 amide bonds. The zero-order valence-corrected chi connectivity index (χ0v) is 42.8. The number of hydrogen-bond donors (Lipinski definition) is 0. The van der Waals surface area contributed by atoms with Crippen LogP contribution in [0, 0.1) is 46.3 Å². The lowest BCUT2D eigenvalue weighted by Crippen LogP contribution is -2.51. The molecule has 4 aliphatic carbocycles. The molecule has 4 fully saturated rings. The van der Waals surface area contributed by atoms with Crippen LogP contribution in [0.2, 0.25) is 0 Å². The van der Waals surface area contributed by atoms with Gasteiger partial charge in [0.05, 0.1) is 45.2 Å². The molecule has 1 aliphatic heterocycles. The second kappa shape index (κ2) is 29.9. The lowest BCUT2D eigenvalue weighted by molar-refractivity contribution is -0.0734. The summed E-state index contributed by atoms with van der Waals surface area (Å²) in [5, 5.41) is 0. The van der Waals surface area contributed by atoms with Gasteiger partial charge in [-0.3, -0.25) is 0 Å². The van der Waals surface area contributed by atoms with Gasteiger partial charge in [-0.15, -0.1) is 0 Å². The molecule has 0 radical (unpaired) electrons. The minimum atomic E-state index is 0.119.